The number of halogens is 3. The Balaban J connectivity index is 2.31. The van der Waals surface area contributed by atoms with Gasteiger partial charge in [-0.15, -0.1) is 0 Å². The predicted molar refractivity (Wildman–Crippen MR) is 71.7 cm³/mol. The number of aryl methyl sites for hydroxylation is 1. The third-order valence-electron chi connectivity index (χ3n) is 2.58. The van der Waals surface area contributed by atoms with Crippen molar-refractivity contribution in [3.63, 3.8) is 0 Å². The van der Waals surface area contributed by atoms with Crippen LogP contribution < -0.4 is 0 Å². The van der Waals surface area contributed by atoms with Crippen molar-refractivity contribution in [2.45, 2.75) is 18.1 Å². The number of carboxylic acid groups (broad SMARTS) is 1. The van der Waals surface area contributed by atoms with Crippen molar-refractivity contribution < 1.29 is 23.1 Å². The Bertz CT molecular complexity index is 650. The van der Waals surface area contributed by atoms with E-state index >= 15 is 0 Å². The maximum Gasteiger partial charge on any atom is 0.416 e. The topological polar surface area (TPSA) is 55.1 Å². The number of aromatic nitrogens is 2. The van der Waals surface area contributed by atoms with Crippen molar-refractivity contribution in [2.24, 2.45) is 0 Å². The van der Waals surface area contributed by atoms with Crippen molar-refractivity contribution in [2.75, 3.05) is 5.75 Å². The van der Waals surface area contributed by atoms with Gasteiger partial charge in [0.2, 0.25) is 0 Å². The Morgan fingerprint density at radius 3 is 2.48 bits per heavy atom. The van der Waals surface area contributed by atoms with Crippen molar-refractivity contribution in [1.29, 1.82) is 0 Å². The van der Waals surface area contributed by atoms with Crippen LogP contribution in [0.25, 0.3) is 5.69 Å². The lowest BCUT2D eigenvalue weighted by molar-refractivity contribution is -0.137. The van der Waals surface area contributed by atoms with Crippen LogP contribution in [0.4, 0.5) is 13.2 Å². The molecule has 0 fully saturated rings. The largest absolute Gasteiger partial charge is 0.481 e. The van der Waals surface area contributed by atoms with E-state index in [1.165, 1.54) is 16.8 Å². The molecule has 2 aromatic rings. The van der Waals surface area contributed by atoms with Crippen LogP contribution in [-0.2, 0) is 11.0 Å². The highest BCUT2D eigenvalue weighted by Gasteiger charge is 2.30. The zero-order valence-corrected chi connectivity index (χ0v) is 11.7. The van der Waals surface area contributed by atoms with Gasteiger partial charge in [0, 0.05) is 0 Å². The third-order valence-corrected chi connectivity index (χ3v) is 3.56. The van der Waals surface area contributed by atoms with Crippen LogP contribution >= 0.6 is 11.8 Å². The molecule has 1 aromatic carbocycles. The number of thioether (sulfide) groups is 1. The Kier molecular flexibility index (Phi) is 4.26. The summed E-state index contributed by atoms with van der Waals surface area (Å²) in [7, 11) is 0. The summed E-state index contributed by atoms with van der Waals surface area (Å²) < 4.78 is 39.0. The SMILES string of the molecule is Cc1cc(SCC(=O)O)n(-c2ccc(C(F)(F)F)cc2)n1. The molecule has 0 unspecified atom stereocenters. The molecule has 1 aromatic heterocycles. The van der Waals surface area contributed by atoms with E-state index in [0.29, 0.717) is 16.4 Å². The number of carboxylic acids is 1. The first-order valence-electron chi connectivity index (χ1n) is 5.86. The number of hydrogen-bond donors (Lipinski definition) is 1. The molecule has 0 saturated heterocycles. The summed E-state index contributed by atoms with van der Waals surface area (Å²) in [6.07, 6.45) is -4.39. The summed E-state index contributed by atoms with van der Waals surface area (Å²) in [4.78, 5) is 10.6. The van der Waals surface area contributed by atoms with Crippen LogP contribution in [0.1, 0.15) is 11.3 Å². The lowest BCUT2D eigenvalue weighted by Crippen LogP contribution is -2.06. The molecule has 0 aliphatic rings. The molecular weight excluding hydrogens is 305 g/mol. The Morgan fingerprint density at radius 1 is 1.33 bits per heavy atom. The molecule has 4 nitrogen and oxygen atoms in total. The number of hydrogen-bond acceptors (Lipinski definition) is 3. The highest BCUT2D eigenvalue weighted by Crippen LogP contribution is 2.30. The Morgan fingerprint density at radius 2 is 1.95 bits per heavy atom. The van der Waals surface area contributed by atoms with Gasteiger partial charge >= 0.3 is 12.1 Å². The van der Waals surface area contributed by atoms with Crippen LogP contribution in [0.3, 0.4) is 0 Å². The minimum absolute atomic E-state index is 0.147. The fraction of sp³-hybridized carbons (Fsp3) is 0.231. The molecule has 8 heteroatoms. The first-order valence-corrected chi connectivity index (χ1v) is 6.85. The summed E-state index contributed by atoms with van der Waals surface area (Å²) in [5.74, 6) is -1.12. The van der Waals surface area contributed by atoms with Gasteiger partial charge in [0.15, 0.2) is 0 Å². The molecule has 0 aliphatic carbocycles. The predicted octanol–water partition coefficient (Wildman–Crippen LogP) is 3.38. The second-order valence-corrected chi connectivity index (χ2v) is 5.26. The smallest absolute Gasteiger partial charge is 0.416 e. The van der Waals surface area contributed by atoms with Crippen molar-refractivity contribution in [1.82, 2.24) is 9.78 Å². The van der Waals surface area contributed by atoms with E-state index in [0.717, 1.165) is 23.9 Å². The fourth-order valence-electron chi connectivity index (χ4n) is 1.69. The lowest BCUT2D eigenvalue weighted by atomic mass is 10.2. The standard InChI is InChI=1S/C13H11F3N2O2S/c1-8-6-11(21-7-12(19)20)18(17-8)10-4-2-9(3-5-10)13(14,15)16/h2-6H,7H2,1H3,(H,19,20). The minimum Gasteiger partial charge on any atom is -0.481 e. The number of rotatable bonds is 4. The number of aliphatic carboxylic acids is 1. The molecule has 0 bridgehead atoms. The summed E-state index contributed by atoms with van der Waals surface area (Å²) in [6.45, 7) is 1.73. The van der Waals surface area contributed by atoms with Gasteiger partial charge in [0.1, 0.15) is 5.03 Å². The minimum atomic E-state index is -4.39. The zero-order valence-electron chi connectivity index (χ0n) is 10.9. The van der Waals surface area contributed by atoms with Gasteiger partial charge in [-0.3, -0.25) is 4.79 Å². The summed E-state index contributed by atoms with van der Waals surface area (Å²) >= 11 is 1.06. The number of benzene rings is 1. The summed E-state index contributed by atoms with van der Waals surface area (Å²) in [6, 6.07) is 6.24. The zero-order chi connectivity index (χ0) is 15.6. The molecule has 112 valence electrons. The monoisotopic (exact) mass is 316 g/mol. The van der Waals surface area contributed by atoms with E-state index in [1.807, 2.05) is 0 Å². The normalized spacial score (nSPS) is 11.6. The third kappa shape index (κ3) is 3.78. The summed E-state index contributed by atoms with van der Waals surface area (Å²) in [5.41, 5.74) is 0.363. The molecule has 0 aliphatic heterocycles. The Hall–Kier alpha value is -1.96. The first kappa shape index (κ1) is 15.4. The van der Waals surface area contributed by atoms with E-state index in [-0.39, 0.29) is 5.75 Å². The van der Waals surface area contributed by atoms with Gasteiger partial charge in [-0.1, -0.05) is 11.8 Å². The quantitative estimate of drug-likeness (QED) is 0.879. The van der Waals surface area contributed by atoms with E-state index in [9.17, 15) is 18.0 Å². The van der Waals surface area contributed by atoms with Gasteiger partial charge < -0.3 is 5.11 Å². The number of nitrogens with zero attached hydrogens (tertiary/aromatic N) is 2. The molecule has 0 radical (unpaired) electrons. The van der Waals surface area contributed by atoms with E-state index in [2.05, 4.69) is 5.10 Å². The molecule has 0 spiro atoms. The van der Waals surface area contributed by atoms with Crippen molar-refractivity contribution in [3.05, 3.63) is 41.6 Å². The average molecular weight is 316 g/mol. The molecule has 0 saturated carbocycles. The number of alkyl halides is 3. The maximum atomic E-state index is 12.5. The highest BCUT2D eigenvalue weighted by molar-refractivity contribution is 7.99. The molecule has 1 N–H and O–H groups in total. The molecular formula is C13H11F3N2O2S. The van der Waals surface area contributed by atoms with Gasteiger partial charge in [0.05, 0.1) is 22.7 Å². The highest BCUT2D eigenvalue weighted by atomic mass is 32.2. The molecule has 2 rings (SSSR count). The Labute approximate surface area is 122 Å². The van der Waals surface area contributed by atoms with Crippen LogP contribution in [0.5, 0.6) is 0 Å². The van der Waals surface area contributed by atoms with E-state index in [4.69, 9.17) is 5.11 Å². The van der Waals surface area contributed by atoms with Crippen LogP contribution in [-0.4, -0.2) is 26.6 Å². The second kappa shape index (κ2) is 5.80. The molecule has 1 heterocycles. The summed E-state index contributed by atoms with van der Waals surface area (Å²) in [5, 5.41) is 13.4. The molecule has 0 amide bonds. The van der Waals surface area contributed by atoms with Crippen LogP contribution in [0.2, 0.25) is 0 Å². The van der Waals surface area contributed by atoms with Crippen LogP contribution in [0.15, 0.2) is 35.4 Å². The van der Waals surface area contributed by atoms with E-state index < -0.39 is 17.7 Å². The maximum absolute atomic E-state index is 12.5. The fourth-order valence-corrected chi connectivity index (χ4v) is 2.48. The van der Waals surface area contributed by atoms with Crippen LogP contribution in [0, 0.1) is 6.92 Å². The molecule has 0 atom stereocenters. The van der Waals surface area contributed by atoms with Gasteiger partial charge in [-0.2, -0.15) is 18.3 Å². The van der Waals surface area contributed by atoms with Crippen molar-refractivity contribution >= 4 is 17.7 Å². The lowest BCUT2D eigenvalue weighted by Gasteiger charge is -2.09. The van der Waals surface area contributed by atoms with Crippen molar-refractivity contribution in [3.8, 4) is 5.69 Å². The average Bonchev–Trinajstić information content (AvgIpc) is 2.77. The first-order chi connectivity index (χ1) is 9.77. The number of carbonyl (C=O) groups is 1. The van der Waals surface area contributed by atoms with Gasteiger partial charge in [-0.05, 0) is 37.3 Å². The van der Waals surface area contributed by atoms with Gasteiger partial charge in [-0.25, -0.2) is 4.68 Å². The van der Waals surface area contributed by atoms with Gasteiger partial charge in [0.25, 0.3) is 0 Å². The van der Waals surface area contributed by atoms with E-state index in [1.54, 1.807) is 13.0 Å². The second-order valence-electron chi connectivity index (χ2n) is 4.26. The molecule has 21 heavy (non-hydrogen) atoms.